The fourth-order valence-corrected chi connectivity index (χ4v) is 2.70. The first-order chi connectivity index (χ1) is 7.97. The van der Waals surface area contributed by atoms with Crippen molar-refractivity contribution in [2.45, 2.75) is 57.3 Å². The molecule has 0 aliphatic carbocycles. The molecule has 1 heterocycles. The third kappa shape index (κ3) is 5.78. The molecule has 7 heteroatoms. The molecule has 0 unspecified atom stereocenters. The van der Waals surface area contributed by atoms with Crippen LogP contribution in [0, 0.1) is 0 Å². The van der Waals surface area contributed by atoms with Gasteiger partial charge in [0.25, 0.3) is 5.91 Å². The molecule has 1 rings (SSSR count). The Morgan fingerprint density at radius 2 is 1.35 bits per heavy atom. The molecular formula is C10H22N2O4S. The lowest BCUT2D eigenvalue weighted by atomic mass is 10.1. The van der Waals surface area contributed by atoms with E-state index in [4.69, 9.17) is 11.5 Å². The van der Waals surface area contributed by atoms with Crippen molar-refractivity contribution in [3.8, 4) is 0 Å². The molecule has 102 valence electrons. The molecule has 17 heavy (non-hydrogen) atoms. The quantitative estimate of drug-likeness (QED) is 0.602. The van der Waals surface area contributed by atoms with E-state index in [2.05, 4.69) is 8.37 Å². The highest BCUT2D eigenvalue weighted by molar-refractivity contribution is 7.82. The molecule has 1 fully saturated rings. The first-order valence-electron chi connectivity index (χ1n) is 6.13. The predicted molar refractivity (Wildman–Crippen MR) is 64.0 cm³/mol. The van der Waals surface area contributed by atoms with Crippen molar-refractivity contribution in [1.29, 1.82) is 0 Å². The molecule has 6 nitrogen and oxygen atoms in total. The fraction of sp³-hybridized carbons (Fsp3) is 1.00. The van der Waals surface area contributed by atoms with Crippen molar-refractivity contribution < 1.29 is 16.8 Å². The number of hydrogen-bond donors (Lipinski definition) is 2. The Morgan fingerprint density at radius 1 is 0.882 bits per heavy atom. The van der Waals surface area contributed by atoms with Gasteiger partial charge in [-0.2, -0.15) is 16.8 Å². The van der Waals surface area contributed by atoms with Gasteiger partial charge in [0, 0.05) is 6.42 Å². The second kappa shape index (κ2) is 6.65. The summed E-state index contributed by atoms with van der Waals surface area (Å²) in [7, 11) is -3.78. The van der Waals surface area contributed by atoms with Crippen molar-refractivity contribution >= 4 is 10.4 Å². The van der Waals surface area contributed by atoms with Crippen molar-refractivity contribution in [1.82, 2.24) is 0 Å². The van der Waals surface area contributed by atoms with Crippen molar-refractivity contribution in [3.63, 3.8) is 0 Å². The van der Waals surface area contributed by atoms with Crippen LogP contribution >= 0.6 is 0 Å². The third-order valence-electron chi connectivity index (χ3n) is 2.72. The van der Waals surface area contributed by atoms with Crippen LogP contribution in [0.25, 0.3) is 0 Å². The van der Waals surface area contributed by atoms with Gasteiger partial charge < -0.3 is 5.73 Å². The minimum absolute atomic E-state index is 0.412. The van der Waals surface area contributed by atoms with Crippen LogP contribution in [-0.4, -0.2) is 20.9 Å². The summed E-state index contributed by atoms with van der Waals surface area (Å²) < 4.78 is 30.2. The first kappa shape index (κ1) is 14.8. The van der Waals surface area contributed by atoms with Crippen LogP contribution in [0.4, 0.5) is 0 Å². The Morgan fingerprint density at radius 3 is 1.82 bits per heavy atom. The maximum Gasteiger partial charge on any atom is 0.407 e. The molecule has 0 saturated carbocycles. The number of hydrogen-bond acceptors (Lipinski definition) is 6. The summed E-state index contributed by atoms with van der Waals surface area (Å²) in [5, 5.41) is 0. The van der Waals surface area contributed by atoms with E-state index in [1.54, 1.807) is 0 Å². The summed E-state index contributed by atoms with van der Waals surface area (Å²) in [4.78, 5) is 0. The smallest absolute Gasteiger partial charge is 0.330 e. The van der Waals surface area contributed by atoms with Crippen LogP contribution in [0.3, 0.4) is 0 Å². The van der Waals surface area contributed by atoms with Gasteiger partial charge in [-0.15, -0.1) is 0 Å². The van der Waals surface area contributed by atoms with E-state index >= 15 is 0 Å². The monoisotopic (exact) mass is 266 g/mol. The maximum absolute atomic E-state index is 10.6. The highest BCUT2D eigenvalue weighted by Gasteiger charge is 2.48. The lowest BCUT2D eigenvalue weighted by Crippen LogP contribution is -2.57. The first-order valence-corrected chi connectivity index (χ1v) is 7.46. The van der Waals surface area contributed by atoms with E-state index in [0.29, 0.717) is 6.42 Å². The Hall–Kier alpha value is -0.210. The van der Waals surface area contributed by atoms with Gasteiger partial charge in [-0.3, -0.25) is 5.73 Å². The highest BCUT2D eigenvalue weighted by atomic mass is 32.3. The molecule has 0 atom stereocenters. The van der Waals surface area contributed by atoms with Crippen LogP contribution in [0.15, 0.2) is 0 Å². The third-order valence-corrected chi connectivity index (χ3v) is 3.69. The molecule has 0 radical (unpaired) electrons. The number of unbranched alkanes of at least 4 members (excludes halogenated alkanes) is 6. The van der Waals surface area contributed by atoms with E-state index in [0.717, 1.165) is 32.2 Å². The SMILES string of the molecule is NCCCCCCCCCC1(N)OS(=O)(=O)O1. The zero-order valence-electron chi connectivity index (χ0n) is 10.1. The zero-order chi connectivity index (χ0) is 12.8. The summed E-state index contributed by atoms with van der Waals surface area (Å²) in [6.07, 6.45) is 8.00. The average molecular weight is 266 g/mol. The Kier molecular flexibility index (Phi) is 5.81. The summed E-state index contributed by atoms with van der Waals surface area (Å²) in [5.74, 6) is -1.40. The second-order valence-corrected chi connectivity index (χ2v) is 5.55. The van der Waals surface area contributed by atoms with Gasteiger partial charge in [-0.05, 0) is 19.4 Å². The lowest BCUT2D eigenvalue weighted by molar-refractivity contribution is -0.187. The van der Waals surface area contributed by atoms with Crippen molar-refractivity contribution in [2.24, 2.45) is 11.5 Å². The number of rotatable bonds is 9. The normalized spacial score (nSPS) is 21.1. The molecular weight excluding hydrogens is 244 g/mol. The maximum atomic E-state index is 10.6. The molecule has 0 aromatic carbocycles. The van der Waals surface area contributed by atoms with E-state index in [1.807, 2.05) is 0 Å². The fourth-order valence-electron chi connectivity index (χ4n) is 1.83. The van der Waals surface area contributed by atoms with Gasteiger partial charge in [0.1, 0.15) is 0 Å². The topological polar surface area (TPSA) is 105 Å². The van der Waals surface area contributed by atoms with Gasteiger partial charge in [0.05, 0.1) is 0 Å². The van der Waals surface area contributed by atoms with E-state index < -0.39 is 16.3 Å². The van der Waals surface area contributed by atoms with Gasteiger partial charge >= 0.3 is 10.4 Å². The van der Waals surface area contributed by atoms with Gasteiger partial charge in [-0.1, -0.05) is 32.1 Å². The molecule has 0 aromatic heterocycles. The Labute approximate surface area is 103 Å². The van der Waals surface area contributed by atoms with Gasteiger partial charge in [0.15, 0.2) is 0 Å². The average Bonchev–Trinajstić information content (AvgIpc) is 2.19. The standard InChI is InChI=1S/C10H22N2O4S/c11-9-7-5-3-1-2-4-6-8-10(12)15-17(13,14)16-10/h1-9,11-12H2. The summed E-state index contributed by atoms with van der Waals surface area (Å²) in [6, 6.07) is 0. The van der Waals surface area contributed by atoms with Crippen LogP contribution in [0.2, 0.25) is 0 Å². The Bertz CT molecular complexity index is 306. The van der Waals surface area contributed by atoms with Crippen LogP contribution in [0.5, 0.6) is 0 Å². The highest BCUT2D eigenvalue weighted by Crippen LogP contribution is 2.30. The largest absolute Gasteiger partial charge is 0.407 e. The van der Waals surface area contributed by atoms with Crippen molar-refractivity contribution in [2.75, 3.05) is 6.54 Å². The molecule has 1 aliphatic heterocycles. The van der Waals surface area contributed by atoms with Crippen LogP contribution in [0.1, 0.15) is 51.4 Å². The summed E-state index contributed by atoms with van der Waals surface area (Å²) >= 11 is 0. The number of nitrogens with two attached hydrogens (primary N) is 2. The lowest BCUT2D eigenvalue weighted by Gasteiger charge is -2.35. The molecule has 0 bridgehead atoms. The molecule has 0 spiro atoms. The van der Waals surface area contributed by atoms with E-state index in [9.17, 15) is 8.42 Å². The van der Waals surface area contributed by atoms with Crippen LogP contribution in [-0.2, 0) is 18.8 Å². The predicted octanol–water partition coefficient (Wildman–Crippen LogP) is 0.970. The molecule has 0 amide bonds. The molecule has 4 N–H and O–H groups in total. The van der Waals surface area contributed by atoms with Crippen molar-refractivity contribution in [3.05, 3.63) is 0 Å². The zero-order valence-corrected chi connectivity index (χ0v) is 10.9. The second-order valence-electron chi connectivity index (χ2n) is 4.40. The molecule has 1 saturated heterocycles. The van der Waals surface area contributed by atoms with Gasteiger partial charge in [-0.25, -0.2) is 0 Å². The summed E-state index contributed by atoms with van der Waals surface area (Å²) in [5.41, 5.74) is 10.9. The van der Waals surface area contributed by atoms with E-state index in [1.165, 1.54) is 19.3 Å². The minimum atomic E-state index is -3.78. The van der Waals surface area contributed by atoms with E-state index in [-0.39, 0.29) is 0 Å². The molecule has 1 aliphatic rings. The minimum Gasteiger partial charge on any atom is -0.330 e. The van der Waals surface area contributed by atoms with Gasteiger partial charge in [0.2, 0.25) is 0 Å². The Balaban J connectivity index is 1.91. The molecule has 0 aromatic rings. The van der Waals surface area contributed by atoms with Crippen LogP contribution < -0.4 is 11.5 Å². The summed E-state index contributed by atoms with van der Waals surface area (Å²) in [6.45, 7) is 0.763.